The van der Waals surface area contributed by atoms with Crippen LogP contribution in [0.15, 0.2) is 23.8 Å². The van der Waals surface area contributed by atoms with E-state index in [-0.39, 0.29) is 41.2 Å². The molecule has 0 spiro atoms. The van der Waals surface area contributed by atoms with Crippen molar-refractivity contribution in [2.75, 3.05) is 31.8 Å². The molecule has 6 heterocycles. The van der Waals surface area contributed by atoms with E-state index in [2.05, 4.69) is 76.0 Å². The number of fused-ring (bicyclic) bond motifs is 5. The number of ether oxygens (including phenoxy) is 2. The molecule has 4 aromatic rings. The molecule has 20 nitrogen and oxygen atoms in total. The van der Waals surface area contributed by atoms with E-state index in [1.807, 2.05) is 4.57 Å². The van der Waals surface area contributed by atoms with Crippen molar-refractivity contribution in [2.45, 2.75) is 88.1 Å². The molecule has 53 heavy (non-hydrogen) atoms. The van der Waals surface area contributed by atoms with Gasteiger partial charge in [-0.2, -0.15) is 4.98 Å². The summed E-state index contributed by atoms with van der Waals surface area (Å²) in [5.74, 6) is -0.540. The second kappa shape index (κ2) is 14.0. The summed E-state index contributed by atoms with van der Waals surface area (Å²) in [5, 5.41) is -0.221. The summed E-state index contributed by atoms with van der Waals surface area (Å²) in [6.45, 7) is 1.64. The number of nitrogen functional groups attached to an aromatic ring is 2. The van der Waals surface area contributed by atoms with Gasteiger partial charge in [0.1, 0.15) is 30.2 Å². The van der Waals surface area contributed by atoms with Crippen LogP contribution in [0.5, 0.6) is 0 Å². The number of aromatic nitrogens is 8. The van der Waals surface area contributed by atoms with E-state index in [1.54, 1.807) is 6.33 Å². The molecule has 6 N–H and O–H groups in total. The molecule has 0 aromatic carbocycles. The van der Waals surface area contributed by atoms with Gasteiger partial charge in [-0.15, -0.1) is 0 Å². The largest absolute Gasteiger partial charge is 0.409 e. The summed E-state index contributed by atoms with van der Waals surface area (Å²) in [5.41, 5.74) is 12.3. The second-order valence-corrected chi connectivity index (χ2v) is 25.1. The lowest BCUT2D eigenvalue weighted by molar-refractivity contribution is -0.0559. The first-order valence-electron chi connectivity index (χ1n) is 16.6. The molecule has 4 aromatic heterocycles. The zero-order valence-electron chi connectivity index (χ0n) is 29.6. The average Bonchev–Trinajstić information content (AvgIpc) is 3.82. The van der Waals surface area contributed by atoms with Crippen LogP contribution in [0, 0.1) is 5.92 Å². The summed E-state index contributed by atoms with van der Waals surface area (Å²) < 4.78 is 61.0. The average molecular weight is 833 g/mol. The van der Waals surface area contributed by atoms with Crippen LogP contribution >= 0.6 is 25.8 Å². The monoisotopic (exact) mass is 832 g/mol. The van der Waals surface area contributed by atoms with E-state index in [0.29, 0.717) is 17.6 Å². The quantitative estimate of drug-likeness (QED) is 0.110. The third-order valence-corrected chi connectivity index (χ3v) is 18.0. The molecule has 0 amide bonds. The van der Waals surface area contributed by atoms with E-state index in [1.165, 1.54) is 24.3 Å². The summed E-state index contributed by atoms with van der Waals surface area (Å²) in [4.78, 5) is 48.0. The fourth-order valence-electron chi connectivity index (χ4n) is 6.74. The Morgan fingerprint density at radius 3 is 2.47 bits per heavy atom. The first kappa shape index (κ1) is 38.9. The highest BCUT2D eigenvalue weighted by atomic mass is 32.7. The zero-order chi connectivity index (χ0) is 38.2. The number of nitrogens with two attached hydrogens (primary N) is 2. The number of H-pyrrole nitrogens is 1. The number of hydrogen-bond acceptors (Lipinski definition) is 17. The van der Waals surface area contributed by atoms with E-state index in [0.717, 1.165) is 0 Å². The van der Waals surface area contributed by atoms with Gasteiger partial charge in [0.25, 0.3) is 5.56 Å². The van der Waals surface area contributed by atoms with Crippen LogP contribution in [0.1, 0.15) is 39.5 Å². The van der Waals surface area contributed by atoms with Gasteiger partial charge in [-0.25, -0.2) is 24.5 Å². The van der Waals surface area contributed by atoms with Gasteiger partial charge in [-0.05, 0) is 36.4 Å². The van der Waals surface area contributed by atoms with E-state index < -0.39 is 76.1 Å². The number of nitrogens with zero attached hydrogens (tertiary/aromatic N) is 7. The number of methoxy groups -OCH3 is 1. The zero-order valence-corrected chi connectivity index (χ0v) is 34.1. The normalized spacial score (nSPS) is 34.5. The van der Waals surface area contributed by atoms with Crippen LogP contribution in [-0.4, -0.2) is 103 Å². The maximum Gasteiger partial charge on any atom is 0.386 e. The Morgan fingerprint density at radius 1 is 1.04 bits per heavy atom. The van der Waals surface area contributed by atoms with Gasteiger partial charge >= 0.3 is 13.5 Å². The molecule has 0 radical (unpaired) electrons. The molecule has 1 saturated carbocycles. The Kier molecular flexibility index (Phi) is 10.3. The molecule has 2 saturated heterocycles. The summed E-state index contributed by atoms with van der Waals surface area (Å²) in [6.07, 6.45) is -1.35. The van der Waals surface area contributed by atoms with Crippen LogP contribution in [0.2, 0.25) is 18.1 Å². The van der Waals surface area contributed by atoms with Crippen molar-refractivity contribution in [1.82, 2.24) is 39.0 Å². The van der Waals surface area contributed by atoms with Crippen molar-refractivity contribution >= 4 is 80.0 Å². The van der Waals surface area contributed by atoms with E-state index in [4.69, 9.17) is 55.3 Å². The third-order valence-electron chi connectivity index (χ3n) is 10.3. The molecule has 25 heteroatoms. The van der Waals surface area contributed by atoms with Crippen LogP contribution in [0.25, 0.3) is 22.3 Å². The highest BCUT2D eigenvalue weighted by Gasteiger charge is 2.55. The highest BCUT2D eigenvalue weighted by Crippen LogP contribution is 2.60. The molecule has 290 valence electrons. The van der Waals surface area contributed by atoms with Crippen molar-refractivity contribution in [3.05, 3.63) is 29.3 Å². The van der Waals surface area contributed by atoms with Crippen molar-refractivity contribution in [1.29, 1.82) is 0 Å². The van der Waals surface area contributed by atoms with Gasteiger partial charge in [0.05, 0.1) is 44.1 Å². The maximum atomic E-state index is 14.2. The molecule has 3 aliphatic rings. The fourth-order valence-corrected chi connectivity index (χ4v) is 11.0. The molecule has 2 aliphatic heterocycles. The van der Waals surface area contributed by atoms with Crippen LogP contribution in [0.3, 0.4) is 0 Å². The number of rotatable bonds is 5. The number of anilines is 2. The van der Waals surface area contributed by atoms with Gasteiger partial charge in [-0.3, -0.25) is 18.9 Å². The maximum absolute atomic E-state index is 14.2. The van der Waals surface area contributed by atoms with Crippen LogP contribution < -0.4 is 17.0 Å². The smallest absolute Gasteiger partial charge is 0.386 e. The number of nitrogens with one attached hydrogen (secondary N) is 1. The Balaban J connectivity index is 1.27. The molecule has 2 bridgehead atoms. The number of imidazole rings is 2. The van der Waals surface area contributed by atoms with Crippen molar-refractivity contribution in [3.8, 4) is 0 Å². The fraction of sp³-hybridized carbons (Fsp3) is 0.643. The molecule has 10 unspecified atom stereocenters. The number of thiol groups is 1. The highest BCUT2D eigenvalue weighted by molar-refractivity contribution is 8.44. The van der Waals surface area contributed by atoms with Crippen LogP contribution in [0.4, 0.5) is 11.8 Å². The molecule has 10 atom stereocenters. The van der Waals surface area contributed by atoms with Crippen LogP contribution in [-0.2, 0) is 48.4 Å². The molecular formula is C28H42N10O10P2S2Si. The Morgan fingerprint density at radius 2 is 1.75 bits per heavy atom. The first-order chi connectivity index (χ1) is 24.8. The van der Waals surface area contributed by atoms with E-state index in [9.17, 15) is 14.3 Å². The van der Waals surface area contributed by atoms with Crippen molar-refractivity contribution < 1.29 is 41.5 Å². The minimum Gasteiger partial charge on any atom is -0.409 e. The number of aromatic amines is 1. The minimum atomic E-state index is -4.24. The summed E-state index contributed by atoms with van der Waals surface area (Å²) in [6, 6.07) is -0.482. The predicted octanol–water partition coefficient (Wildman–Crippen LogP) is 3.06. The lowest BCUT2D eigenvalue weighted by Gasteiger charge is -2.42. The molecule has 7 rings (SSSR count). The van der Waals surface area contributed by atoms with Gasteiger partial charge in [0.2, 0.25) is 5.95 Å². The lowest BCUT2D eigenvalue weighted by Crippen LogP contribution is -2.48. The SMILES string of the molecule is COC1C2COP(O)(=S)OC3C(COP(=O)(S)OC1C(n1cnc4c(=O)[nH]c(N)nc41)O2)CC(n1cnc2c(N)ncnc21)C3O[Si](C)(C)C(C)(C)C. The van der Waals surface area contributed by atoms with Gasteiger partial charge in [0.15, 0.2) is 37.2 Å². The Labute approximate surface area is 314 Å². The topological polar surface area (TPSA) is 261 Å². The van der Waals surface area contributed by atoms with Gasteiger partial charge < -0.3 is 48.4 Å². The second-order valence-electron chi connectivity index (χ2n) is 14.7. The molecular weight excluding hydrogens is 791 g/mol. The molecule has 1 aliphatic carbocycles. The lowest BCUT2D eigenvalue weighted by atomic mass is 10.1. The predicted molar refractivity (Wildman–Crippen MR) is 201 cm³/mol. The molecule has 3 fully saturated rings. The number of hydrogen-bond donors (Lipinski definition) is 5. The van der Waals surface area contributed by atoms with Gasteiger partial charge in [0, 0.05) is 13.0 Å². The van der Waals surface area contributed by atoms with Crippen molar-refractivity contribution in [3.63, 3.8) is 0 Å². The third kappa shape index (κ3) is 7.37. The Hall–Kier alpha value is -2.37. The minimum absolute atomic E-state index is 0.0229. The first-order valence-corrected chi connectivity index (χ1v) is 24.8. The standard InChI is InChI=1S/C28H42N10O10P2S2Si/c1-28(2,3)53(5,6)48-19-14(37-11-33-16-22(29)31-10-32-23(16)37)7-13-8-43-49(40,51)47-21-20(42-4)15(9-44-50(41,52)46-18(13)19)45-26(21)38-12-34-17-24(38)35-27(30)36-25(17)39/h10-15,18-21,26H,7-9H2,1-6H3,(H,40,51)(H,41,52)(H2,29,31,32)(H3,30,35,36,39). The Bertz CT molecular complexity index is 2180. The van der Waals surface area contributed by atoms with E-state index >= 15 is 0 Å². The van der Waals surface area contributed by atoms with Gasteiger partial charge in [-0.1, -0.05) is 33.0 Å². The van der Waals surface area contributed by atoms with Crippen molar-refractivity contribution in [2.24, 2.45) is 5.92 Å². The summed E-state index contributed by atoms with van der Waals surface area (Å²) in [7, 11) is -1.15. The summed E-state index contributed by atoms with van der Waals surface area (Å²) >= 11 is 10.00.